The summed E-state index contributed by atoms with van der Waals surface area (Å²) in [6, 6.07) is 40.8. The summed E-state index contributed by atoms with van der Waals surface area (Å²) in [4.78, 5) is 26.8. The van der Waals surface area contributed by atoms with Gasteiger partial charge in [-0.05, 0) is 143 Å². The Hall–Kier alpha value is -4.59. The highest BCUT2D eigenvalue weighted by Crippen LogP contribution is 2.48. The van der Waals surface area contributed by atoms with E-state index in [9.17, 15) is 9.59 Å². The maximum Gasteiger partial charge on any atom is 0.193 e. The zero-order valence-corrected chi connectivity index (χ0v) is 31.0. The molecule has 2 unspecified atom stereocenters. The number of hydrogen-bond acceptors (Lipinski definition) is 4. The third kappa shape index (κ3) is 6.18. The molecular weight excluding hydrogens is 727 g/mol. The van der Waals surface area contributed by atoms with Gasteiger partial charge in [-0.3, -0.25) is 9.59 Å². The SMILES string of the molecule is CC(=O)C1(N)CCC(c2ccccc2)c2c1ccc1c2cc(C(=O)c2ccc(I)cc2)c2ccccc21.CC1=CC(C)(C)Nc2ccccc21. The Bertz CT molecular complexity index is 2310. The fourth-order valence-corrected chi connectivity index (χ4v) is 8.24. The minimum atomic E-state index is -1.04. The quantitative estimate of drug-likeness (QED) is 0.106. The molecule has 0 spiro atoms. The van der Waals surface area contributed by atoms with Gasteiger partial charge in [0.25, 0.3) is 0 Å². The lowest BCUT2D eigenvalue weighted by molar-refractivity contribution is -0.122. The summed E-state index contributed by atoms with van der Waals surface area (Å²) in [6.45, 7) is 8.13. The van der Waals surface area contributed by atoms with Crippen LogP contribution in [0.25, 0.3) is 27.1 Å². The second-order valence-electron chi connectivity index (χ2n) is 14.2. The highest BCUT2D eigenvalue weighted by molar-refractivity contribution is 14.1. The molecule has 8 rings (SSSR count). The molecular formula is C45H41IN2O2. The van der Waals surface area contributed by atoms with Crippen molar-refractivity contribution in [2.75, 3.05) is 5.32 Å². The number of carbonyl (C=O) groups excluding carboxylic acids is 2. The van der Waals surface area contributed by atoms with Gasteiger partial charge in [-0.25, -0.2) is 0 Å². The molecule has 1 heterocycles. The second kappa shape index (κ2) is 13.3. The molecule has 0 fully saturated rings. The van der Waals surface area contributed by atoms with Crippen LogP contribution in [-0.2, 0) is 10.3 Å². The van der Waals surface area contributed by atoms with Gasteiger partial charge in [0, 0.05) is 31.9 Å². The highest BCUT2D eigenvalue weighted by atomic mass is 127. The van der Waals surface area contributed by atoms with Crippen LogP contribution in [0.4, 0.5) is 5.69 Å². The standard InChI is InChI=1S/C33H26INO2.C12H15N/c1-20(36)33(35)18-17-24(21-7-3-2-4-8-21)31-28-19-29(32(37)22-11-13-23(34)14-12-22)26-10-6-5-9-25(26)27(28)15-16-30(31)33;1-9-8-12(2,3)13-11-7-5-4-6-10(9)11/h2-16,19,24H,17-18,35H2,1H3;4-8,13H,1-3H3. The van der Waals surface area contributed by atoms with Crippen LogP contribution >= 0.6 is 22.6 Å². The van der Waals surface area contributed by atoms with Gasteiger partial charge in [-0.2, -0.15) is 0 Å². The highest BCUT2D eigenvalue weighted by Gasteiger charge is 2.42. The number of para-hydroxylation sites is 1. The third-order valence-electron chi connectivity index (χ3n) is 10.3. The molecule has 0 aromatic heterocycles. The molecule has 50 heavy (non-hydrogen) atoms. The number of allylic oxidation sites excluding steroid dienone is 1. The van der Waals surface area contributed by atoms with Crippen LogP contribution in [-0.4, -0.2) is 17.1 Å². The van der Waals surface area contributed by atoms with Crippen molar-refractivity contribution in [3.63, 3.8) is 0 Å². The molecule has 6 aromatic carbocycles. The summed E-state index contributed by atoms with van der Waals surface area (Å²) in [7, 11) is 0. The van der Waals surface area contributed by atoms with Gasteiger partial charge in [0.2, 0.25) is 0 Å². The number of hydrogen-bond donors (Lipinski definition) is 2. The van der Waals surface area contributed by atoms with E-state index in [2.05, 4.69) is 115 Å². The van der Waals surface area contributed by atoms with E-state index < -0.39 is 5.54 Å². The predicted octanol–water partition coefficient (Wildman–Crippen LogP) is 10.8. The van der Waals surface area contributed by atoms with Gasteiger partial charge >= 0.3 is 0 Å². The van der Waals surface area contributed by atoms with Crippen molar-refractivity contribution < 1.29 is 9.59 Å². The molecule has 4 nitrogen and oxygen atoms in total. The van der Waals surface area contributed by atoms with E-state index in [1.807, 2.05) is 60.7 Å². The number of anilines is 1. The van der Waals surface area contributed by atoms with Crippen molar-refractivity contribution in [2.45, 2.75) is 57.5 Å². The number of ketones is 2. The summed E-state index contributed by atoms with van der Waals surface area (Å²) < 4.78 is 1.08. The molecule has 2 atom stereocenters. The minimum absolute atomic E-state index is 0.00949. The first-order valence-electron chi connectivity index (χ1n) is 17.2. The van der Waals surface area contributed by atoms with Crippen molar-refractivity contribution in [3.05, 3.63) is 164 Å². The molecule has 0 bridgehead atoms. The molecule has 0 saturated carbocycles. The van der Waals surface area contributed by atoms with Crippen LogP contribution in [0, 0.1) is 3.57 Å². The number of benzene rings is 6. The van der Waals surface area contributed by atoms with E-state index in [4.69, 9.17) is 5.73 Å². The maximum atomic E-state index is 13.9. The monoisotopic (exact) mass is 768 g/mol. The number of Topliss-reactive ketones (excluding diaryl/α,β-unsaturated/α-hetero) is 1. The smallest absolute Gasteiger partial charge is 0.193 e. The lowest BCUT2D eigenvalue weighted by Crippen LogP contribution is -2.47. The molecule has 6 aromatic rings. The summed E-state index contributed by atoms with van der Waals surface area (Å²) in [5.74, 6) is 0.0404. The number of halogens is 1. The molecule has 5 heteroatoms. The Labute approximate surface area is 307 Å². The Morgan fingerprint density at radius 1 is 0.780 bits per heavy atom. The van der Waals surface area contributed by atoms with Crippen LogP contribution < -0.4 is 11.1 Å². The fraction of sp³-hybridized carbons (Fsp3) is 0.200. The zero-order chi connectivity index (χ0) is 35.2. The summed E-state index contributed by atoms with van der Waals surface area (Å²) in [6.07, 6.45) is 3.62. The molecule has 3 N–H and O–H groups in total. The lowest BCUT2D eigenvalue weighted by atomic mass is 9.67. The average Bonchev–Trinajstić information content (AvgIpc) is 3.11. The van der Waals surface area contributed by atoms with E-state index in [-0.39, 0.29) is 23.0 Å². The number of fused-ring (bicyclic) bond motifs is 6. The van der Waals surface area contributed by atoms with Crippen LogP contribution in [0.1, 0.15) is 84.6 Å². The number of carbonyl (C=O) groups is 2. The molecule has 250 valence electrons. The molecule has 1 aliphatic heterocycles. The van der Waals surface area contributed by atoms with Crippen LogP contribution in [0.2, 0.25) is 0 Å². The average molecular weight is 769 g/mol. The van der Waals surface area contributed by atoms with Crippen LogP contribution in [0.15, 0.2) is 127 Å². The Kier molecular flexibility index (Phi) is 8.99. The first-order valence-corrected chi connectivity index (χ1v) is 18.3. The summed E-state index contributed by atoms with van der Waals surface area (Å²) in [5, 5.41) is 7.51. The normalized spacial score (nSPS) is 18.9. The van der Waals surface area contributed by atoms with Gasteiger partial charge in [0.15, 0.2) is 11.6 Å². The van der Waals surface area contributed by atoms with E-state index in [1.165, 1.54) is 22.4 Å². The summed E-state index contributed by atoms with van der Waals surface area (Å²) in [5.41, 5.74) is 14.3. The van der Waals surface area contributed by atoms with Gasteiger partial charge in [-0.15, -0.1) is 0 Å². The molecule has 0 saturated heterocycles. The first kappa shape index (κ1) is 33.9. The van der Waals surface area contributed by atoms with Gasteiger partial charge in [-0.1, -0.05) is 91.0 Å². The molecule has 0 radical (unpaired) electrons. The summed E-state index contributed by atoms with van der Waals surface area (Å²) >= 11 is 2.25. The van der Waals surface area contributed by atoms with Crippen molar-refractivity contribution >= 4 is 67.0 Å². The lowest BCUT2D eigenvalue weighted by Gasteiger charge is -2.39. The van der Waals surface area contributed by atoms with E-state index in [0.29, 0.717) is 17.5 Å². The van der Waals surface area contributed by atoms with Gasteiger partial charge < -0.3 is 11.1 Å². The Morgan fingerprint density at radius 3 is 2.14 bits per heavy atom. The van der Waals surface area contributed by atoms with Gasteiger partial charge in [0.1, 0.15) is 5.54 Å². The number of nitrogens with two attached hydrogens (primary N) is 1. The van der Waals surface area contributed by atoms with Gasteiger partial charge in [0.05, 0.1) is 5.54 Å². The molecule has 2 aliphatic rings. The number of nitrogens with one attached hydrogen (secondary N) is 1. The van der Waals surface area contributed by atoms with Crippen molar-refractivity contribution in [1.29, 1.82) is 0 Å². The van der Waals surface area contributed by atoms with Crippen molar-refractivity contribution in [1.82, 2.24) is 0 Å². The van der Waals surface area contributed by atoms with E-state index in [0.717, 1.165) is 42.7 Å². The van der Waals surface area contributed by atoms with Crippen LogP contribution in [0.3, 0.4) is 0 Å². The fourth-order valence-electron chi connectivity index (χ4n) is 7.88. The molecule has 0 amide bonds. The maximum absolute atomic E-state index is 13.9. The second-order valence-corrected chi connectivity index (χ2v) is 15.4. The Morgan fingerprint density at radius 2 is 1.42 bits per heavy atom. The minimum Gasteiger partial charge on any atom is -0.376 e. The van der Waals surface area contributed by atoms with E-state index >= 15 is 0 Å². The number of rotatable bonds is 4. The largest absolute Gasteiger partial charge is 0.376 e. The predicted molar refractivity (Wildman–Crippen MR) is 216 cm³/mol. The Balaban J connectivity index is 0.000000253. The zero-order valence-electron chi connectivity index (χ0n) is 28.9. The third-order valence-corrected chi connectivity index (χ3v) is 11.0. The van der Waals surface area contributed by atoms with Crippen molar-refractivity contribution in [3.8, 4) is 0 Å². The van der Waals surface area contributed by atoms with Crippen LogP contribution in [0.5, 0.6) is 0 Å². The van der Waals surface area contributed by atoms with E-state index in [1.54, 1.807) is 6.92 Å². The molecule has 1 aliphatic carbocycles. The first-order chi connectivity index (χ1) is 24.0. The topological polar surface area (TPSA) is 72.2 Å². The van der Waals surface area contributed by atoms with Crippen molar-refractivity contribution in [2.24, 2.45) is 5.73 Å².